The van der Waals surface area contributed by atoms with E-state index in [1.54, 1.807) is 6.07 Å². The predicted molar refractivity (Wildman–Crippen MR) is 52.8 cm³/mol. The lowest BCUT2D eigenvalue weighted by Crippen LogP contribution is -2.13. The largest absolute Gasteiger partial charge is 0.481 e. The highest BCUT2D eigenvalue weighted by Crippen LogP contribution is 2.28. The van der Waals surface area contributed by atoms with Gasteiger partial charge in [-0.1, -0.05) is 0 Å². The van der Waals surface area contributed by atoms with Crippen LogP contribution in [-0.4, -0.2) is 24.3 Å². The van der Waals surface area contributed by atoms with Gasteiger partial charge in [-0.15, -0.1) is 0 Å². The van der Waals surface area contributed by atoms with E-state index in [9.17, 15) is 4.79 Å². The molecule has 1 saturated heterocycles. The van der Waals surface area contributed by atoms with E-state index in [1.165, 1.54) is 0 Å². The first kappa shape index (κ1) is 10.2. The van der Waals surface area contributed by atoms with Crippen LogP contribution in [-0.2, 0) is 16.0 Å². The molecule has 1 N–H and O–H groups in total. The fourth-order valence-electron chi connectivity index (χ4n) is 1.84. The monoisotopic (exact) mass is 210 g/mol. The van der Waals surface area contributed by atoms with Crippen molar-refractivity contribution in [2.45, 2.75) is 25.2 Å². The summed E-state index contributed by atoms with van der Waals surface area (Å²) >= 11 is 0. The number of carbonyl (C=O) groups is 1. The minimum atomic E-state index is -0.858. The summed E-state index contributed by atoms with van der Waals surface area (Å²) in [5.41, 5.74) is 0. The van der Waals surface area contributed by atoms with Gasteiger partial charge in [0.25, 0.3) is 0 Å². The molecule has 2 heterocycles. The summed E-state index contributed by atoms with van der Waals surface area (Å²) in [7, 11) is 0. The molecule has 1 aromatic heterocycles. The number of ether oxygens (including phenoxy) is 1. The summed E-state index contributed by atoms with van der Waals surface area (Å²) in [5, 5.41) is 8.61. The topological polar surface area (TPSA) is 59.7 Å². The Hall–Kier alpha value is -1.29. The third-order valence-corrected chi connectivity index (χ3v) is 2.63. The first-order chi connectivity index (χ1) is 7.25. The quantitative estimate of drug-likeness (QED) is 0.826. The average molecular weight is 210 g/mol. The van der Waals surface area contributed by atoms with E-state index < -0.39 is 5.97 Å². The molecular formula is C11H14O4. The average Bonchev–Trinajstić information content (AvgIpc) is 2.67. The van der Waals surface area contributed by atoms with Crippen LogP contribution in [0.4, 0.5) is 0 Å². The van der Waals surface area contributed by atoms with Crippen molar-refractivity contribution in [3.05, 3.63) is 23.7 Å². The molecule has 4 heteroatoms. The van der Waals surface area contributed by atoms with Crippen molar-refractivity contribution in [2.24, 2.45) is 0 Å². The van der Waals surface area contributed by atoms with Crippen molar-refractivity contribution < 1.29 is 19.1 Å². The zero-order chi connectivity index (χ0) is 10.7. The second-order valence-electron chi connectivity index (χ2n) is 3.76. The third kappa shape index (κ3) is 2.59. The fourth-order valence-corrected chi connectivity index (χ4v) is 1.84. The van der Waals surface area contributed by atoms with E-state index in [4.69, 9.17) is 14.3 Å². The second kappa shape index (κ2) is 4.49. The maximum absolute atomic E-state index is 10.5. The van der Waals surface area contributed by atoms with E-state index in [1.807, 2.05) is 6.07 Å². The lowest BCUT2D eigenvalue weighted by Gasteiger charge is -2.19. The van der Waals surface area contributed by atoms with Gasteiger partial charge in [-0.05, 0) is 25.0 Å². The number of hydrogen-bond acceptors (Lipinski definition) is 3. The minimum Gasteiger partial charge on any atom is -0.481 e. The van der Waals surface area contributed by atoms with Crippen molar-refractivity contribution in [1.82, 2.24) is 0 Å². The van der Waals surface area contributed by atoms with E-state index in [0.29, 0.717) is 11.7 Å². The normalized spacial score (nSPS) is 17.9. The summed E-state index contributed by atoms with van der Waals surface area (Å²) in [4.78, 5) is 10.5. The third-order valence-electron chi connectivity index (χ3n) is 2.63. The van der Waals surface area contributed by atoms with Crippen molar-refractivity contribution in [2.75, 3.05) is 13.2 Å². The Morgan fingerprint density at radius 3 is 2.80 bits per heavy atom. The van der Waals surface area contributed by atoms with Gasteiger partial charge >= 0.3 is 5.97 Å². The summed E-state index contributed by atoms with van der Waals surface area (Å²) in [6.45, 7) is 1.53. The molecule has 15 heavy (non-hydrogen) atoms. The van der Waals surface area contributed by atoms with Gasteiger partial charge in [-0.25, -0.2) is 0 Å². The maximum atomic E-state index is 10.5. The van der Waals surface area contributed by atoms with Crippen molar-refractivity contribution in [3.63, 3.8) is 0 Å². The second-order valence-corrected chi connectivity index (χ2v) is 3.76. The molecule has 0 unspecified atom stereocenters. The standard InChI is InChI=1S/C11H14O4/c12-11(13)7-9-1-2-10(15-9)8-3-5-14-6-4-8/h1-2,8H,3-7H2,(H,12,13). The molecule has 1 aliphatic rings. The molecule has 0 bridgehead atoms. The summed E-state index contributed by atoms with van der Waals surface area (Å²) < 4.78 is 10.8. The van der Waals surface area contributed by atoms with E-state index in [0.717, 1.165) is 31.8 Å². The van der Waals surface area contributed by atoms with Crippen LogP contribution >= 0.6 is 0 Å². The van der Waals surface area contributed by atoms with Crippen LogP contribution in [0.15, 0.2) is 16.5 Å². The number of carboxylic acids is 1. The van der Waals surface area contributed by atoms with Gasteiger partial charge in [-0.2, -0.15) is 0 Å². The molecule has 82 valence electrons. The Morgan fingerprint density at radius 1 is 1.40 bits per heavy atom. The first-order valence-corrected chi connectivity index (χ1v) is 5.14. The molecule has 0 atom stereocenters. The van der Waals surface area contributed by atoms with Gasteiger partial charge in [-0.3, -0.25) is 4.79 Å². The van der Waals surface area contributed by atoms with Crippen LogP contribution in [0.25, 0.3) is 0 Å². The molecule has 0 aliphatic carbocycles. The molecule has 1 aliphatic heterocycles. The minimum absolute atomic E-state index is 0.0385. The number of hydrogen-bond donors (Lipinski definition) is 1. The Morgan fingerprint density at radius 2 is 2.13 bits per heavy atom. The lowest BCUT2D eigenvalue weighted by atomic mass is 9.98. The van der Waals surface area contributed by atoms with Crippen LogP contribution in [0, 0.1) is 0 Å². The Labute approximate surface area is 87.8 Å². The Bertz CT molecular complexity index is 336. The van der Waals surface area contributed by atoms with Gasteiger partial charge in [0.2, 0.25) is 0 Å². The predicted octanol–water partition coefficient (Wildman–Crippen LogP) is 1.80. The van der Waals surface area contributed by atoms with Crippen LogP contribution in [0.3, 0.4) is 0 Å². The zero-order valence-corrected chi connectivity index (χ0v) is 8.44. The summed E-state index contributed by atoms with van der Waals surface area (Å²) in [6, 6.07) is 3.63. The summed E-state index contributed by atoms with van der Waals surface area (Å²) in [6.07, 6.45) is 1.88. The molecule has 2 rings (SSSR count). The van der Waals surface area contributed by atoms with Gasteiger partial charge in [0, 0.05) is 19.1 Å². The molecule has 1 fully saturated rings. The highest BCUT2D eigenvalue weighted by atomic mass is 16.5. The molecule has 0 saturated carbocycles. The SMILES string of the molecule is O=C(O)Cc1ccc(C2CCOCC2)o1. The Balaban J connectivity index is 2.02. The van der Waals surface area contributed by atoms with Crippen LogP contribution < -0.4 is 0 Å². The lowest BCUT2D eigenvalue weighted by molar-refractivity contribution is -0.136. The molecular weight excluding hydrogens is 196 g/mol. The molecule has 1 aromatic rings. The molecule has 0 spiro atoms. The maximum Gasteiger partial charge on any atom is 0.311 e. The number of rotatable bonds is 3. The molecule has 0 radical (unpaired) electrons. The van der Waals surface area contributed by atoms with E-state index in [-0.39, 0.29) is 6.42 Å². The van der Waals surface area contributed by atoms with Gasteiger partial charge < -0.3 is 14.3 Å². The van der Waals surface area contributed by atoms with Crippen molar-refractivity contribution in [3.8, 4) is 0 Å². The molecule has 4 nitrogen and oxygen atoms in total. The van der Waals surface area contributed by atoms with Crippen LogP contribution in [0.2, 0.25) is 0 Å². The van der Waals surface area contributed by atoms with Gasteiger partial charge in [0.05, 0.1) is 0 Å². The van der Waals surface area contributed by atoms with E-state index >= 15 is 0 Å². The van der Waals surface area contributed by atoms with E-state index in [2.05, 4.69) is 0 Å². The van der Waals surface area contributed by atoms with Crippen LogP contribution in [0.5, 0.6) is 0 Å². The van der Waals surface area contributed by atoms with Crippen LogP contribution in [0.1, 0.15) is 30.3 Å². The highest BCUT2D eigenvalue weighted by molar-refractivity contribution is 5.69. The Kier molecular flexibility index (Phi) is 3.06. The van der Waals surface area contributed by atoms with Crippen molar-refractivity contribution in [1.29, 1.82) is 0 Å². The molecule has 0 aromatic carbocycles. The van der Waals surface area contributed by atoms with Gasteiger partial charge in [0.1, 0.15) is 17.9 Å². The highest BCUT2D eigenvalue weighted by Gasteiger charge is 2.19. The zero-order valence-electron chi connectivity index (χ0n) is 8.44. The molecule has 0 amide bonds. The number of carboxylic acid groups (broad SMARTS) is 1. The first-order valence-electron chi connectivity index (χ1n) is 5.14. The van der Waals surface area contributed by atoms with Crippen molar-refractivity contribution >= 4 is 5.97 Å². The fraction of sp³-hybridized carbons (Fsp3) is 0.545. The smallest absolute Gasteiger partial charge is 0.311 e. The number of aliphatic carboxylic acids is 1. The summed E-state index contributed by atoms with van der Waals surface area (Å²) in [5.74, 6) is 0.961. The van der Waals surface area contributed by atoms with Gasteiger partial charge in [0.15, 0.2) is 0 Å². The number of furan rings is 1.